The quantitative estimate of drug-likeness (QED) is 0.873. The zero-order chi connectivity index (χ0) is 15.3. The van der Waals surface area contributed by atoms with Crippen LogP contribution in [0.5, 0.6) is 5.75 Å². The fourth-order valence-corrected chi connectivity index (χ4v) is 2.95. The second kappa shape index (κ2) is 6.94. The standard InChI is InChI=1S/C17H26N2O2/c1-3-21-15-8-7-14(11-13(15)12-18)19-16(20)17(2)9-5-4-6-10-17/h7-8,11H,3-6,9-10,12,18H2,1-2H3,(H,19,20). The van der Waals surface area contributed by atoms with Gasteiger partial charge in [-0.3, -0.25) is 4.79 Å². The highest BCUT2D eigenvalue weighted by Gasteiger charge is 2.34. The van der Waals surface area contributed by atoms with E-state index in [1.165, 1.54) is 6.42 Å². The molecule has 0 saturated heterocycles. The maximum absolute atomic E-state index is 12.5. The lowest BCUT2D eigenvalue weighted by Gasteiger charge is -2.32. The van der Waals surface area contributed by atoms with Gasteiger partial charge in [-0.1, -0.05) is 26.2 Å². The Bertz CT molecular complexity index is 494. The van der Waals surface area contributed by atoms with Crippen LogP contribution in [-0.2, 0) is 11.3 Å². The summed E-state index contributed by atoms with van der Waals surface area (Å²) in [5, 5.41) is 3.05. The molecule has 21 heavy (non-hydrogen) atoms. The second-order valence-electron chi connectivity index (χ2n) is 6.04. The van der Waals surface area contributed by atoms with Crippen molar-refractivity contribution in [3.8, 4) is 5.75 Å². The number of anilines is 1. The van der Waals surface area contributed by atoms with Crippen LogP contribution in [0.3, 0.4) is 0 Å². The summed E-state index contributed by atoms with van der Waals surface area (Å²) < 4.78 is 5.53. The first-order valence-electron chi connectivity index (χ1n) is 7.86. The lowest BCUT2D eigenvalue weighted by molar-refractivity contribution is -0.126. The number of benzene rings is 1. The Morgan fingerprint density at radius 2 is 2.05 bits per heavy atom. The van der Waals surface area contributed by atoms with Gasteiger partial charge in [0.05, 0.1) is 6.61 Å². The van der Waals surface area contributed by atoms with Crippen LogP contribution >= 0.6 is 0 Å². The molecule has 2 rings (SSSR count). The highest BCUT2D eigenvalue weighted by atomic mass is 16.5. The third-order valence-corrected chi connectivity index (χ3v) is 4.34. The third kappa shape index (κ3) is 3.76. The van der Waals surface area contributed by atoms with Crippen LogP contribution in [0.2, 0.25) is 0 Å². The summed E-state index contributed by atoms with van der Waals surface area (Å²) in [7, 11) is 0. The summed E-state index contributed by atoms with van der Waals surface area (Å²) in [5.74, 6) is 0.913. The average Bonchev–Trinajstić information content (AvgIpc) is 2.49. The normalized spacial score (nSPS) is 17.3. The fourth-order valence-electron chi connectivity index (χ4n) is 2.95. The second-order valence-corrected chi connectivity index (χ2v) is 6.04. The monoisotopic (exact) mass is 290 g/mol. The highest BCUT2D eigenvalue weighted by molar-refractivity contribution is 5.95. The molecule has 4 nitrogen and oxygen atoms in total. The Labute approximate surface area is 127 Å². The van der Waals surface area contributed by atoms with Gasteiger partial charge in [-0.25, -0.2) is 0 Å². The van der Waals surface area contributed by atoms with Crippen molar-refractivity contribution < 1.29 is 9.53 Å². The Balaban J connectivity index is 2.10. The predicted octanol–water partition coefficient (Wildman–Crippen LogP) is 3.45. The number of carbonyl (C=O) groups excluding carboxylic acids is 1. The SMILES string of the molecule is CCOc1ccc(NC(=O)C2(C)CCCCC2)cc1CN. The molecule has 0 atom stereocenters. The Morgan fingerprint density at radius 1 is 1.33 bits per heavy atom. The van der Waals surface area contributed by atoms with Crippen LogP contribution in [0.15, 0.2) is 18.2 Å². The van der Waals surface area contributed by atoms with Crippen LogP contribution < -0.4 is 15.8 Å². The van der Waals surface area contributed by atoms with Gasteiger partial charge in [-0.15, -0.1) is 0 Å². The van der Waals surface area contributed by atoms with E-state index < -0.39 is 0 Å². The molecule has 1 aromatic rings. The Kier molecular flexibility index (Phi) is 5.23. The molecule has 0 spiro atoms. The number of hydrogen-bond donors (Lipinski definition) is 2. The summed E-state index contributed by atoms with van der Waals surface area (Å²) in [6, 6.07) is 5.67. The zero-order valence-electron chi connectivity index (χ0n) is 13.1. The molecule has 0 heterocycles. The van der Waals surface area contributed by atoms with E-state index in [0.29, 0.717) is 13.2 Å². The molecule has 116 valence electrons. The van der Waals surface area contributed by atoms with Crippen LogP contribution in [0.1, 0.15) is 51.5 Å². The predicted molar refractivity (Wildman–Crippen MR) is 85.3 cm³/mol. The lowest BCUT2D eigenvalue weighted by Crippen LogP contribution is -2.35. The van der Waals surface area contributed by atoms with E-state index >= 15 is 0 Å². The number of hydrogen-bond acceptors (Lipinski definition) is 3. The van der Waals surface area contributed by atoms with E-state index in [0.717, 1.165) is 42.7 Å². The van der Waals surface area contributed by atoms with Crippen LogP contribution in [0, 0.1) is 5.41 Å². The minimum Gasteiger partial charge on any atom is -0.494 e. The van der Waals surface area contributed by atoms with Crippen molar-refractivity contribution >= 4 is 11.6 Å². The summed E-state index contributed by atoms with van der Waals surface area (Å²) in [6.45, 7) is 5.02. The van der Waals surface area contributed by atoms with E-state index in [2.05, 4.69) is 12.2 Å². The molecule has 1 amide bonds. The van der Waals surface area contributed by atoms with Gasteiger partial charge < -0.3 is 15.8 Å². The van der Waals surface area contributed by atoms with Crippen molar-refractivity contribution in [3.63, 3.8) is 0 Å². The van der Waals surface area contributed by atoms with Crippen molar-refractivity contribution in [2.24, 2.45) is 11.1 Å². The fraction of sp³-hybridized carbons (Fsp3) is 0.588. The van der Waals surface area contributed by atoms with E-state index in [-0.39, 0.29) is 11.3 Å². The topological polar surface area (TPSA) is 64.3 Å². The molecule has 0 aliphatic heterocycles. The number of nitrogens with one attached hydrogen (secondary N) is 1. The molecule has 1 aliphatic carbocycles. The molecule has 4 heteroatoms. The van der Waals surface area contributed by atoms with Gasteiger partial charge in [-0.05, 0) is 38.0 Å². The molecule has 0 aromatic heterocycles. The molecule has 3 N–H and O–H groups in total. The van der Waals surface area contributed by atoms with Gasteiger partial charge in [0.1, 0.15) is 5.75 Å². The van der Waals surface area contributed by atoms with Crippen LogP contribution in [-0.4, -0.2) is 12.5 Å². The third-order valence-electron chi connectivity index (χ3n) is 4.34. The maximum atomic E-state index is 12.5. The molecular weight excluding hydrogens is 264 g/mol. The number of rotatable bonds is 5. The number of ether oxygens (including phenoxy) is 1. The molecule has 1 saturated carbocycles. The van der Waals surface area contributed by atoms with Crippen molar-refractivity contribution in [1.29, 1.82) is 0 Å². The molecule has 0 radical (unpaired) electrons. The maximum Gasteiger partial charge on any atom is 0.230 e. The first-order chi connectivity index (χ1) is 10.1. The van der Waals surface area contributed by atoms with Crippen LogP contribution in [0.25, 0.3) is 0 Å². The van der Waals surface area contributed by atoms with Gasteiger partial charge in [0.25, 0.3) is 0 Å². The lowest BCUT2D eigenvalue weighted by atomic mass is 9.75. The largest absolute Gasteiger partial charge is 0.494 e. The van der Waals surface area contributed by atoms with E-state index in [1.807, 2.05) is 25.1 Å². The zero-order valence-corrected chi connectivity index (χ0v) is 13.1. The molecule has 1 aliphatic rings. The minimum absolute atomic E-state index is 0.120. The molecule has 1 fully saturated rings. The van der Waals surface area contributed by atoms with Gasteiger partial charge in [0.15, 0.2) is 0 Å². The van der Waals surface area contributed by atoms with Gasteiger partial charge in [0, 0.05) is 23.2 Å². The highest BCUT2D eigenvalue weighted by Crippen LogP contribution is 2.37. The summed E-state index contributed by atoms with van der Waals surface area (Å²) >= 11 is 0. The van der Waals surface area contributed by atoms with Crippen LogP contribution in [0.4, 0.5) is 5.69 Å². The first kappa shape index (κ1) is 15.8. The molecular formula is C17H26N2O2. The van der Waals surface area contributed by atoms with Crippen molar-refractivity contribution in [2.75, 3.05) is 11.9 Å². The summed E-state index contributed by atoms with van der Waals surface area (Å²) in [6.07, 6.45) is 5.46. The smallest absolute Gasteiger partial charge is 0.230 e. The van der Waals surface area contributed by atoms with Crippen molar-refractivity contribution in [2.45, 2.75) is 52.5 Å². The number of nitrogens with two attached hydrogens (primary N) is 1. The van der Waals surface area contributed by atoms with E-state index in [9.17, 15) is 4.79 Å². The Morgan fingerprint density at radius 3 is 2.67 bits per heavy atom. The van der Waals surface area contributed by atoms with Gasteiger partial charge in [0.2, 0.25) is 5.91 Å². The average molecular weight is 290 g/mol. The Hall–Kier alpha value is -1.55. The first-order valence-corrected chi connectivity index (χ1v) is 7.86. The van der Waals surface area contributed by atoms with Crippen molar-refractivity contribution in [1.82, 2.24) is 0 Å². The summed E-state index contributed by atoms with van der Waals surface area (Å²) in [4.78, 5) is 12.5. The van der Waals surface area contributed by atoms with Gasteiger partial charge >= 0.3 is 0 Å². The minimum atomic E-state index is -0.236. The van der Waals surface area contributed by atoms with Crippen molar-refractivity contribution in [3.05, 3.63) is 23.8 Å². The number of amides is 1. The van der Waals surface area contributed by atoms with Gasteiger partial charge in [-0.2, -0.15) is 0 Å². The molecule has 1 aromatic carbocycles. The van der Waals surface area contributed by atoms with E-state index in [4.69, 9.17) is 10.5 Å². The molecule has 0 bridgehead atoms. The molecule has 0 unspecified atom stereocenters. The van der Waals surface area contributed by atoms with E-state index in [1.54, 1.807) is 0 Å². The summed E-state index contributed by atoms with van der Waals surface area (Å²) in [5.41, 5.74) is 7.24. The number of carbonyl (C=O) groups is 1.